The van der Waals surface area contributed by atoms with Gasteiger partial charge in [0.2, 0.25) is 5.69 Å². The summed E-state index contributed by atoms with van der Waals surface area (Å²) in [4.78, 5) is 13.7. The van der Waals surface area contributed by atoms with Crippen LogP contribution in [0.3, 0.4) is 0 Å². The topological polar surface area (TPSA) is 45.2 Å². The normalized spacial score (nSPS) is 22.0. The van der Waals surface area contributed by atoms with Crippen LogP contribution in [0.25, 0.3) is 10.9 Å². The van der Waals surface area contributed by atoms with Crippen molar-refractivity contribution >= 4 is 28.1 Å². The van der Waals surface area contributed by atoms with Crippen LogP contribution in [-0.4, -0.2) is 38.4 Å². The minimum Gasteiger partial charge on any atom is -0.387 e. The second-order valence-corrected chi connectivity index (χ2v) is 12.2. The molecule has 5 rings (SSSR count). The number of carbonyl (C=O) groups is 1. The lowest BCUT2D eigenvalue weighted by molar-refractivity contribution is -0.439. The van der Waals surface area contributed by atoms with Crippen molar-refractivity contribution in [3.05, 3.63) is 77.5 Å². The minimum absolute atomic E-state index is 0.0438. The van der Waals surface area contributed by atoms with Crippen molar-refractivity contribution in [3.8, 4) is 0 Å². The Labute approximate surface area is 221 Å². The summed E-state index contributed by atoms with van der Waals surface area (Å²) in [5, 5.41) is 12.5. The summed E-state index contributed by atoms with van der Waals surface area (Å²) in [6.07, 6.45) is 5.45. The number of nitrogens with zero attached hydrogens (tertiary/aromatic N) is 2. The highest BCUT2D eigenvalue weighted by atomic mass is 16.3. The first-order valence-electron chi connectivity index (χ1n) is 13.9. The van der Waals surface area contributed by atoms with Crippen molar-refractivity contribution in [1.29, 1.82) is 0 Å². The van der Waals surface area contributed by atoms with Crippen LogP contribution in [0.2, 0.25) is 0 Å². The van der Waals surface area contributed by atoms with Gasteiger partial charge in [-0.2, -0.15) is 4.58 Å². The van der Waals surface area contributed by atoms with Crippen molar-refractivity contribution in [1.82, 2.24) is 4.57 Å². The molecule has 1 aliphatic heterocycles. The van der Waals surface area contributed by atoms with Gasteiger partial charge in [-0.3, -0.25) is 4.79 Å². The van der Waals surface area contributed by atoms with Gasteiger partial charge in [-0.25, -0.2) is 0 Å². The molecule has 2 aromatic carbocycles. The summed E-state index contributed by atoms with van der Waals surface area (Å²) in [5.74, 6) is 0.720. The van der Waals surface area contributed by atoms with Crippen LogP contribution < -0.4 is 0 Å². The van der Waals surface area contributed by atoms with E-state index in [1.54, 1.807) is 0 Å². The van der Waals surface area contributed by atoms with E-state index in [1.165, 1.54) is 11.3 Å². The number of ketones is 1. The number of Topliss-reactive ketones (excluding diaryl/α,β-unsaturated/α-hetero) is 1. The van der Waals surface area contributed by atoms with Crippen LogP contribution in [0.15, 0.2) is 66.4 Å². The Kier molecular flexibility index (Phi) is 6.74. The largest absolute Gasteiger partial charge is 0.387 e. The van der Waals surface area contributed by atoms with Crippen LogP contribution in [0.4, 0.5) is 5.69 Å². The lowest BCUT2D eigenvalue weighted by Crippen LogP contribution is -2.44. The number of benzene rings is 2. The molecule has 0 amide bonds. The molecule has 4 nitrogen and oxygen atoms in total. The van der Waals surface area contributed by atoms with Crippen molar-refractivity contribution in [3.63, 3.8) is 0 Å². The number of aliphatic hydroxyl groups excluding tert-OH is 1. The van der Waals surface area contributed by atoms with E-state index in [4.69, 9.17) is 0 Å². The molecule has 2 unspecified atom stereocenters. The SMILES string of the molecule is CC(C)CCn1cc(C2C(=O)C(=CC3=[N+](CCC(C)C)c4ccccc4C3(C)C)C2O)c2ccccc21. The molecular weight excluding hydrogens is 456 g/mol. The minimum atomic E-state index is -0.796. The van der Waals surface area contributed by atoms with Gasteiger partial charge in [0.05, 0.1) is 17.4 Å². The zero-order chi connectivity index (χ0) is 26.5. The van der Waals surface area contributed by atoms with E-state index in [0.717, 1.165) is 48.1 Å². The van der Waals surface area contributed by atoms with Gasteiger partial charge in [0.15, 0.2) is 11.5 Å². The predicted octanol–water partition coefficient (Wildman–Crippen LogP) is 6.76. The van der Waals surface area contributed by atoms with Gasteiger partial charge >= 0.3 is 0 Å². The Morgan fingerprint density at radius 1 is 1.00 bits per heavy atom. The number of hydrogen-bond donors (Lipinski definition) is 1. The number of aromatic nitrogens is 1. The average molecular weight is 498 g/mol. The zero-order valence-electron chi connectivity index (χ0n) is 23.2. The molecule has 0 saturated heterocycles. The Bertz CT molecular complexity index is 1400. The molecule has 1 N–H and O–H groups in total. The van der Waals surface area contributed by atoms with Crippen molar-refractivity contribution < 1.29 is 14.5 Å². The molecule has 1 saturated carbocycles. The molecule has 1 aliphatic carbocycles. The highest BCUT2D eigenvalue weighted by Gasteiger charge is 2.50. The molecule has 1 aromatic heterocycles. The van der Waals surface area contributed by atoms with Crippen LogP contribution in [0.1, 0.15) is 71.4 Å². The number of allylic oxidation sites excluding steroid dienone is 1. The van der Waals surface area contributed by atoms with Gasteiger partial charge in [0.25, 0.3) is 0 Å². The predicted molar refractivity (Wildman–Crippen MR) is 152 cm³/mol. The molecule has 4 heteroatoms. The van der Waals surface area contributed by atoms with Crippen molar-refractivity contribution in [2.75, 3.05) is 6.54 Å². The Balaban J connectivity index is 1.52. The smallest absolute Gasteiger partial charge is 0.209 e. The number of fused-ring (bicyclic) bond motifs is 2. The van der Waals surface area contributed by atoms with Gasteiger partial charge in [-0.1, -0.05) is 64.1 Å². The Hall–Kier alpha value is -2.98. The molecule has 2 heterocycles. The van der Waals surface area contributed by atoms with E-state index < -0.39 is 12.0 Å². The third kappa shape index (κ3) is 4.40. The van der Waals surface area contributed by atoms with Crippen LogP contribution in [-0.2, 0) is 16.8 Å². The highest BCUT2D eigenvalue weighted by Crippen LogP contribution is 2.45. The molecule has 0 spiro atoms. The number of rotatable bonds is 8. The average Bonchev–Trinajstić information content (AvgIpc) is 3.32. The van der Waals surface area contributed by atoms with E-state index in [0.29, 0.717) is 17.4 Å². The molecule has 0 bridgehead atoms. The quantitative estimate of drug-likeness (QED) is 0.276. The molecule has 0 radical (unpaired) electrons. The monoisotopic (exact) mass is 497 g/mol. The Morgan fingerprint density at radius 2 is 1.68 bits per heavy atom. The summed E-state index contributed by atoms with van der Waals surface area (Å²) in [7, 11) is 0. The summed E-state index contributed by atoms with van der Waals surface area (Å²) in [6.45, 7) is 15.2. The van der Waals surface area contributed by atoms with Crippen molar-refractivity contribution in [2.45, 2.75) is 78.4 Å². The summed E-state index contributed by atoms with van der Waals surface area (Å²) >= 11 is 0. The van der Waals surface area contributed by atoms with Gasteiger partial charge in [-0.15, -0.1) is 0 Å². The lowest BCUT2D eigenvalue weighted by atomic mass is 9.69. The first kappa shape index (κ1) is 25.7. The third-order valence-corrected chi connectivity index (χ3v) is 8.32. The van der Waals surface area contributed by atoms with E-state index in [-0.39, 0.29) is 11.2 Å². The number of aryl methyl sites for hydroxylation is 1. The molecular formula is C33H41N2O2+. The molecule has 194 valence electrons. The number of para-hydroxylation sites is 2. The number of aliphatic hydroxyl groups is 1. The van der Waals surface area contributed by atoms with E-state index >= 15 is 0 Å². The van der Waals surface area contributed by atoms with E-state index in [9.17, 15) is 9.90 Å². The van der Waals surface area contributed by atoms with Gasteiger partial charge < -0.3 is 9.67 Å². The van der Waals surface area contributed by atoms with E-state index in [1.807, 2.05) is 18.2 Å². The van der Waals surface area contributed by atoms with Gasteiger partial charge in [0, 0.05) is 53.3 Å². The highest BCUT2D eigenvalue weighted by molar-refractivity contribution is 6.16. The summed E-state index contributed by atoms with van der Waals surface area (Å²) in [6, 6.07) is 16.8. The van der Waals surface area contributed by atoms with Crippen molar-refractivity contribution in [2.24, 2.45) is 11.8 Å². The van der Waals surface area contributed by atoms with Crippen LogP contribution in [0, 0.1) is 11.8 Å². The summed E-state index contributed by atoms with van der Waals surface area (Å²) < 4.78 is 4.62. The Morgan fingerprint density at radius 3 is 2.38 bits per heavy atom. The second kappa shape index (κ2) is 9.72. The fraction of sp³-hybridized carbons (Fsp3) is 0.455. The second-order valence-electron chi connectivity index (χ2n) is 12.2. The summed E-state index contributed by atoms with van der Waals surface area (Å²) in [5.41, 5.74) is 5.98. The van der Waals surface area contributed by atoms with Gasteiger partial charge in [-0.05, 0) is 43.7 Å². The molecule has 1 fully saturated rings. The molecule has 2 atom stereocenters. The maximum atomic E-state index is 13.7. The number of carbonyl (C=O) groups excluding carboxylic acids is 1. The zero-order valence-corrected chi connectivity index (χ0v) is 23.2. The van der Waals surface area contributed by atoms with E-state index in [2.05, 4.69) is 93.3 Å². The maximum absolute atomic E-state index is 13.7. The fourth-order valence-corrected chi connectivity index (χ4v) is 6.00. The molecule has 37 heavy (non-hydrogen) atoms. The molecule has 3 aromatic rings. The lowest BCUT2D eigenvalue weighted by Gasteiger charge is -2.34. The standard InChI is InChI=1S/C33H41N2O2/c1-21(2)15-17-34-20-25(23-11-7-9-13-27(23)34)30-31(36)24(32(30)37)19-29-33(5,6)26-12-8-10-14-28(26)35(29)18-16-22(3)4/h7-14,19-22,30-31,36H,15-18H2,1-6H3/q+1. The number of hydrogen-bond acceptors (Lipinski definition) is 2. The van der Waals surface area contributed by atoms with Crippen LogP contribution >= 0.6 is 0 Å². The third-order valence-electron chi connectivity index (χ3n) is 8.32. The van der Waals surface area contributed by atoms with Crippen LogP contribution in [0.5, 0.6) is 0 Å². The fourth-order valence-electron chi connectivity index (χ4n) is 6.00. The molecule has 2 aliphatic rings. The van der Waals surface area contributed by atoms with Gasteiger partial charge in [0.1, 0.15) is 6.54 Å². The maximum Gasteiger partial charge on any atom is 0.209 e. The first-order chi connectivity index (χ1) is 17.6. The first-order valence-corrected chi connectivity index (χ1v) is 13.9.